The largest absolute Gasteiger partial charge is 0.497 e. The van der Waals surface area contributed by atoms with Crippen LogP contribution < -0.4 is 10.1 Å². The van der Waals surface area contributed by atoms with Crippen LogP contribution in [0.15, 0.2) is 24.3 Å². The second-order valence-corrected chi connectivity index (χ2v) is 5.93. The van der Waals surface area contributed by atoms with Crippen molar-refractivity contribution in [3.63, 3.8) is 0 Å². The lowest BCUT2D eigenvalue weighted by Crippen LogP contribution is -2.36. The molecule has 0 spiro atoms. The number of hydrogen-bond acceptors (Lipinski definition) is 5. The van der Waals surface area contributed by atoms with E-state index in [0.717, 1.165) is 17.9 Å². The van der Waals surface area contributed by atoms with E-state index in [1.165, 1.54) is 0 Å². The highest BCUT2D eigenvalue weighted by Crippen LogP contribution is 2.38. The Balaban J connectivity index is 1.90. The molecule has 118 valence electrons. The van der Waals surface area contributed by atoms with Gasteiger partial charge in [0.15, 0.2) is 0 Å². The molecule has 1 unspecified atom stereocenters. The number of rotatable bonds is 7. The summed E-state index contributed by atoms with van der Waals surface area (Å²) in [5.74, 6) is 0.840. The molecule has 3 atom stereocenters. The maximum atomic E-state index is 9.79. The Bertz CT molecular complexity index is 442. The quantitative estimate of drug-likeness (QED) is 0.698. The number of hydrogen-bond donors (Lipinski definition) is 3. The molecule has 0 radical (unpaired) electrons. The van der Waals surface area contributed by atoms with Crippen LogP contribution in [-0.2, 0) is 11.3 Å². The van der Waals surface area contributed by atoms with Crippen molar-refractivity contribution in [2.24, 2.45) is 5.41 Å². The predicted octanol–water partition coefficient (Wildman–Crippen LogP) is 0.933. The van der Waals surface area contributed by atoms with Crippen LogP contribution in [0.1, 0.15) is 18.4 Å². The number of ether oxygens (including phenoxy) is 2. The van der Waals surface area contributed by atoms with Crippen molar-refractivity contribution in [2.75, 3.05) is 27.4 Å². The average molecular weight is 295 g/mol. The van der Waals surface area contributed by atoms with Crippen LogP contribution in [0.3, 0.4) is 0 Å². The van der Waals surface area contributed by atoms with Crippen molar-refractivity contribution in [3.8, 4) is 5.75 Å². The minimum absolute atomic E-state index is 0.202. The van der Waals surface area contributed by atoms with Crippen molar-refractivity contribution in [1.82, 2.24) is 5.32 Å². The molecule has 0 saturated heterocycles. The number of aliphatic hydroxyl groups is 2. The maximum Gasteiger partial charge on any atom is 0.119 e. The van der Waals surface area contributed by atoms with Gasteiger partial charge in [-0.25, -0.2) is 0 Å². The van der Waals surface area contributed by atoms with E-state index in [2.05, 4.69) is 5.32 Å². The summed E-state index contributed by atoms with van der Waals surface area (Å²) < 4.78 is 10.5. The summed E-state index contributed by atoms with van der Waals surface area (Å²) in [5, 5.41) is 23.0. The Hall–Kier alpha value is -1.14. The third kappa shape index (κ3) is 4.17. The lowest BCUT2D eigenvalue weighted by Gasteiger charge is -2.28. The van der Waals surface area contributed by atoms with Crippen LogP contribution in [0.4, 0.5) is 0 Å². The smallest absolute Gasteiger partial charge is 0.119 e. The highest BCUT2D eigenvalue weighted by Gasteiger charge is 2.43. The minimum Gasteiger partial charge on any atom is -0.497 e. The van der Waals surface area contributed by atoms with Crippen LogP contribution in [0, 0.1) is 5.41 Å². The predicted molar refractivity (Wildman–Crippen MR) is 80.3 cm³/mol. The van der Waals surface area contributed by atoms with Gasteiger partial charge in [0, 0.05) is 25.6 Å². The van der Waals surface area contributed by atoms with Gasteiger partial charge in [-0.2, -0.15) is 0 Å². The van der Waals surface area contributed by atoms with Crippen LogP contribution >= 0.6 is 0 Å². The number of aliphatic hydroxyl groups excluding tert-OH is 2. The molecule has 3 N–H and O–H groups in total. The van der Waals surface area contributed by atoms with E-state index >= 15 is 0 Å². The van der Waals surface area contributed by atoms with E-state index in [1.807, 2.05) is 24.3 Å². The third-order valence-electron chi connectivity index (χ3n) is 4.14. The van der Waals surface area contributed by atoms with E-state index < -0.39 is 12.2 Å². The molecule has 5 heteroatoms. The van der Waals surface area contributed by atoms with Gasteiger partial charge in [-0.15, -0.1) is 0 Å². The normalized spacial score (nSPS) is 28.8. The molecule has 0 aliphatic heterocycles. The Labute approximate surface area is 125 Å². The zero-order chi connectivity index (χ0) is 15.3. The molecule has 1 aliphatic carbocycles. The monoisotopic (exact) mass is 295 g/mol. The Kier molecular flexibility index (Phi) is 5.58. The van der Waals surface area contributed by atoms with Crippen molar-refractivity contribution in [1.29, 1.82) is 0 Å². The summed E-state index contributed by atoms with van der Waals surface area (Å²) in [6.45, 7) is 1.95. The SMILES string of the molecule is COCC1(CNCc2cccc(OC)c2)C[C@@H](O)[C@@H](O)C1. The number of nitrogens with one attached hydrogen (secondary N) is 1. The molecule has 1 saturated carbocycles. The fraction of sp³-hybridized carbons (Fsp3) is 0.625. The molecule has 0 aromatic heterocycles. The molecule has 2 rings (SSSR count). The van der Waals surface area contributed by atoms with E-state index in [4.69, 9.17) is 9.47 Å². The molecular formula is C16H25NO4. The van der Waals surface area contributed by atoms with Crippen molar-refractivity contribution in [2.45, 2.75) is 31.6 Å². The second-order valence-electron chi connectivity index (χ2n) is 5.93. The van der Waals surface area contributed by atoms with Gasteiger partial charge in [0.05, 0.1) is 25.9 Å². The first-order valence-electron chi connectivity index (χ1n) is 7.27. The first-order valence-corrected chi connectivity index (χ1v) is 7.27. The number of methoxy groups -OCH3 is 2. The third-order valence-corrected chi connectivity index (χ3v) is 4.14. The highest BCUT2D eigenvalue weighted by atomic mass is 16.5. The van der Waals surface area contributed by atoms with E-state index in [-0.39, 0.29) is 5.41 Å². The van der Waals surface area contributed by atoms with Gasteiger partial charge >= 0.3 is 0 Å². The second kappa shape index (κ2) is 7.22. The summed E-state index contributed by atoms with van der Waals surface area (Å²) in [7, 11) is 3.31. The van der Waals surface area contributed by atoms with Crippen LogP contribution in [0.5, 0.6) is 5.75 Å². The summed E-state index contributed by atoms with van der Waals surface area (Å²) >= 11 is 0. The molecule has 0 amide bonds. The topological polar surface area (TPSA) is 71.0 Å². The molecule has 1 aromatic carbocycles. The molecule has 0 bridgehead atoms. The standard InChI is InChI=1S/C16H25NO4/c1-20-11-16(7-14(18)15(19)8-16)10-17-9-12-4-3-5-13(6-12)21-2/h3-6,14-15,17-19H,7-11H2,1-2H3/t14-,15+,16?. The van der Waals surface area contributed by atoms with Gasteiger partial charge in [0.2, 0.25) is 0 Å². The van der Waals surface area contributed by atoms with Gasteiger partial charge in [0.1, 0.15) is 5.75 Å². The van der Waals surface area contributed by atoms with Crippen molar-refractivity contribution in [3.05, 3.63) is 29.8 Å². The highest BCUT2D eigenvalue weighted by molar-refractivity contribution is 5.28. The van der Waals surface area contributed by atoms with E-state index in [0.29, 0.717) is 26.0 Å². The molecule has 1 aliphatic rings. The van der Waals surface area contributed by atoms with Crippen LogP contribution in [-0.4, -0.2) is 49.8 Å². The zero-order valence-corrected chi connectivity index (χ0v) is 12.7. The van der Waals surface area contributed by atoms with E-state index in [1.54, 1.807) is 14.2 Å². The van der Waals surface area contributed by atoms with Gasteiger partial charge in [-0.1, -0.05) is 12.1 Å². The first-order chi connectivity index (χ1) is 10.1. The summed E-state index contributed by atoms with van der Waals surface area (Å²) in [6, 6.07) is 7.91. The van der Waals surface area contributed by atoms with Crippen molar-refractivity contribution < 1.29 is 19.7 Å². The lowest BCUT2D eigenvalue weighted by atomic mass is 9.86. The summed E-state index contributed by atoms with van der Waals surface area (Å²) in [4.78, 5) is 0. The lowest BCUT2D eigenvalue weighted by molar-refractivity contribution is 0.0438. The average Bonchev–Trinajstić information content (AvgIpc) is 2.74. The molecule has 1 aromatic rings. The van der Waals surface area contributed by atoms with Gasteiger partial charge < -0.3 is 25.0 Å². The van der Waals surface area contributed by atoms with Gasteiger partial charge in [-0.3, -0.25) is 0 Å². The maximum absolute atomic E-state index is 9.79. The Morgan fingerprint density at radius 1 is 1.24 bits per heavy atom. The molecule has 1 fully saturated rings. The van der Waals surface area contributed by atoms with Crippen LogP contribution in [0.2, 0.25) is 0 Å². The van der Waals surface area contributed by atoms with Crippen LogP contribution in [0.25, 0.3) is 0 Å². The van der Waals surface area contributed by atoms with Gasteiger partial charge in [-0.05, 0) is 30.5 Å². The van der Waals surface area contributed by atoms with E-state index in [9.17, 15) is 10.2 Å². The molecular weight excluding hydrogens is 270 g/mol. The molecule has 0 heterocycles. The fourth-order valence-electron chi connectivity index (χ4n) is 3.12. The summed E-state index contributed by atoms with van der Waals surface area (Å²) in [6.07, 6.45) is -0.183. The van der Waals surface area contributed by atoms with Crippen molar-refractivity contribution >= 4 is 0 Å². The zero-order valence-electron chi connectivity index (χ0n) is 12.7. The number of benzene rings is 1. The summed E-state index contributed by atoms with van der Waals surface area (Å²) in [5.41, 5.74) is 0.938. The first kappa shape index (κ1) is 16.2. The minimum atomic E-state index is -0.654. The Morgan fingerprint density at radius 3 is 2.57 bits per heavy atom. The fourth-order valence-corrected chi connectivity index (χ4v) is 3.12. The molecule has 21 heavy (non-hydrogen) atoms. The molecule has 5 nitrogen and oxygen atoms in total. The Morgan fingerprint density at radius 2 is 1.95 bits per heavy atom. The van der Waals surface area contributed by atoms with Gasteiger partial charge in [0.25, 0.3) is 0 Å².